The molecule has 17 heavy (non-hydrogen) atoms. The van der Waals surface area contributed by atoms with E-state index in [1.807, 2.05) is 0 Å². The van der Waals surface area contributed by atoms with Crippen molar-refractivity contribution in [2.75, 3.05) is 11.1 Å². The molecule has 6 heteroatoms. The number of carbonyl (C=O) groups is 1. The highest BCUT2D eigenvalue weighted by Crippen LogP contribution is 2.20. The molecule has 0 saturated heterocycles. The van der Waals surface area contributed by atoms with Crippen LogP contribution in [-0.4, -0.2) is 10.9 Å². The lowest BCUT2D eigenvalue weighted by molar-refractivity contribution is 0.102. The zero-order valence-electron chi connectivity index (χ0n) is 9.03. The van der Waals surface area contributed by atoms with Crippen molar-refractivity contribution >= 4 is 28.6 Å². The number of carbonyl (C=O) groups excluding carboxylic acids is 1. The summed E-state index contributed by atoms with van der Waals surface area (Å²) in [5, 5.41) is 2.47. The number of anilines is 2. The van der Waals surface area contributed by atoms with Crippen LogP contribution in [0.25, 0.3) is 0 Å². The highest BCUT2D eigenvalue weighted by atomic mass is 32.1. The maximum atomic E-state index is 13.4. The fraction of sp³-hybridized carbons (Fsp3) is 0.0909. The fourth-order valence-electron chi connectivity index (χ4n) is 1.34. The molecule has 0 saturated carbocycles. The predicted molar refractivity (Wildman–Crippen MR) is 65.6 cm³/mol. The van der Waals surface area contributed by atoms with Gasteiger partial charge in [-0.2, -0.15) is 0 Å². The van der Waals surface area contributed by atoms with Gasteiger partial charge in [0.2, 0.25) is 0 Å². The Bertz CT molecular complexity index is 568. The van der Waals surface area contributed by atoms with E-state index in [1.165, 1.54) is 29.5 Å². The van der Waals surface area contributed by atoms with Gasteiger partial charge in [0.25, 0.3) is 5.91 Å². The number of nitrogens with two attached hydrogens (primary N) is 1. The molecule has 4 nitrogen and oxygen atoms in total. The van der Waals surface area contributed by atoms with Gasteiger partial charge in [-0.05, 0) is 25.1 Å². The van der Waals surface area contributed by atoms with Gasteiger partial charge in [-0.25, -0.2) is 9.37 Å². The molecule has 0 fully saturated rings. The van der Waals surface area contributed by atoms with Crippen LogP contribution in [0.3, 0.4) is 0 Å². The van der Waals surface area contributed by atoms with E-state index < -0.39 is 5.82 Å². The highest BCUT2D eigenvalue weighted by Gasteiger charge is 2.13. The summed E-state index contributed by atoms with van der Waals surface area (Å²) < 4.78 is 13.4. The minimum atomic E-state index is -0.519. The number of nitrogens with zero attached hydrogens (tertiary/aromatic N) is 1. The molecule has 2 aromatic rings. The SMILES string of the molecule is Cc1ncsc1C(=O)Nc1cc(N)ccc1F. The van der Waals surface area contributed by atoms with E-state index in [-0.39, 0.29) is 11.6 Å². The van der Waals surface area contributed by atoms with Crippen molar-refractivity contribution in [3.8, 4) is 0 Å². The van der Waals surface area contributed by atoms with Crippen LogP contribution in [0.4, 0.5) is 15.8 Å². The number of thiazole rings is 1. The van der Waals surface area contributed by atoms with E-state index in [4.69, 9.17) is 5.73 Å². The summed E-state index contributed by atoms with van der Waals surface area (Å²) >= 11 is 1.21. The molecule has 0 bridgehead atoms. The van der Waals surface area contributed by atoms with Crippen LogP contribution in [0.2, 0.25) is 0 Å². The largest absolute Gasteiger partial charge is 0.399 e. The number of nitrogen functional groups attached to an aromatic ring is 1. The van der Waals surface area contributed by atoms with Crippen molar-refractivity contribution in [2.45, 2.75) is 6.92 Å². The second-order valence-corrected chi connectivity index (χ2v) is 4.32. The van der Waals surface area contributed by atoms with Gasteiger partial charge >= 0.3 is 0 Å². The molecule has 1 heterocycles. The first-order valence-corrected chi connectivity index (χ1v) is 5.72. The summed E-state index contributed by atoms with van der Waals surface area (Å²) in [6, 6.07) is 4.02. The average Bonchev–Trinajstić information content (AvgIpc) is 2.70. The molecule has 1 aromatic heterocycles. The Balaban J connectivity index is 2.24. The van der Waals surface area contributed by atoms with Crippen molar-refractivity contribution in [2.24, 2.45) is 0 Å². The summed E-state index contributed by atoms with van der Waals surface area (Å²) in [5.41, 5.74) is 8.18. The van der Waals surface area contributed by atoms with E-state index in [1.54, 1.807) is 12.4 Å². The van der Waals surface area contributed by atoms with Crippen molar-refractivity contribution in [1.29, 1.82) is 0 Å². The molecule has 0 spiro atoms. The van der Waals surface area contributed by atoms with Gasteiger partial charge in [-0.1, -0.05) is 0 Å². The van der Waals surface area contributed by atoms with Gasteiger partial charge in [0.15, 0.2) is 0 Å². The van der Waals surface area contributed by atoms with E-state index in [0.29, 0.717) is 16.3 Å². The monoisotopic (exact) mass is 251 g/mol. The van der Waals surface area contributed by atoms with Crippen LogP contribution in [0.1, 0.15) is 15.4 Å². The molecule has 1 aromatic carbocycles. The topological polar surface area (TPSA) is 68.0 Å². The van der Waals surface area contributed by atoms with Crippen LogP contribution < -0.4 is 11.1 Å². The van der Waals surface area contributed by atoms with E-state index >= 15 is 0 Å². The lowest BCUT2D eigenvalue weighted by Gasteiger charge is -2.06. The van der Waals surface area contributed by atoms with Gasteiger partial charge in [-0.15, -0.1) is 11.3 Å². The maximum absolute atomic E-state index is 13.4. The molecule has 0 aliphatic carbocycles. The van der Waals surface area contributed by atoms with Crippen LogP contribution in [0, 0.1) is 12.7 Å². The minimum Gasteiger partial charge on any atom is -0.399 e. The number of hydrogen-bond donors (Lipinski definition) is 2. The third-order valence-corrected chi connectivity index (χ3v) is 3.12. The number of halogens is 1. The molecule has 2 rings (SSSR count). The summed E-state index contributed by atoms with van der Waals surface area (Å²) in [7, 11) is 0. The number of rotatable bonds is 2. The first-order valence-electron chi connectivity index (χ1n) is 4.84. The molecule has 0 unspecified atom stereocenters. The van der Waals surface area contributed by atoms with Crippen molar-refractivity contribution in [3.05, 3.63) is 40.1 Å². The Morgan fingerprint density at radius 3 is 2.94 bits per heavy atom. The maximum Gasteiger partial charge on any atom is 0.267 e. The van der Waals surface area contributed by atoms with Crippen molar-refractivity contribution < 1.29 is 9.18 Å². The van der Waals surface area contributed by atoms with E-state index in [0.717, 1.165) is 0 Å². The fourth-order valence-corrected chi connectivity index (χ4v) is 2.04. The van der Waals surface area contributed by atoms with Crippen molar-refractivity contribution in [1.82, 2.24) is 4.98 Å². The standard InChI is InChI=1S/C11H10FN3OS/c1-6-10(17-5-14-6)11(16)15-9-4-7(13)2-3-8(9)12/h2-5H,13H2,1H3,(H,15,16). The van der Waals surface area contributed by atoms with Crippen LogP contribution in [0.15, 0.2) is 23.7 Å². The van der Waals surface area contributed by atoms with Crippen LogP contribution >= 0.6 is 11.3 Å². The molecule has 0 atom stereocenters. The molecular formula is C11H10FN3OS. The molecule has 88 valence electrons. The summed E-state index contributed by atoms with van der Waals surface area (Å²) in [6.45, 7) is 1.72. The van der Waals surface area contributed by atoms with Gasteiger partial charge < -0.3 is 11.1 Å². The normalized spacial score (nSPS) is 10.2. The van der Waals surface area contributed by atoms with Gasteiger partial charge in [0, 0.05) is 5.69 Å². The number of benzene rings is 1. The van der Waals surface area contributed by atoms with Crippen LogP contribution in [-0.2, 0) is 0 Å². The van der Waals surface area contributed by atoms with Gasteiger partial charge in [-0.3, -0.25) is 4.79 Å². The smallest absolute Gasteiger partial charge is 0.267 e. The molecule has 0 aliphatic rings. The Morgan fingerprint density at radius 2 is 2.29 bits per heavy atom. The number of aryl methyl sites for hydroxylation is 1. The number of aromatic nitrogens is 1. The second-order valence-electron chi connectivity index (χ2n) is 3.46. The van der Waals surface area contributed by atoms with Gasteiger partial charge in [0.1, 0.15) is 10.7 Å². The third kappa shape index (κ3) is 2.42. The van der Waals surface area contributed by atoms with Crippen LogP contribution in [0.5, 0.6) is 0 Å². The molecular weight excluding hydrogens is 241 g/mol. The quantitative estimate of drug-likeness (QED) is 0.805. The Labute approximate surface area is 101 Å². The van der Waals surface area contributed by atoms with E-state index in [2.05, 4.69) is 10.3 Å². The zero-order valence-corrected chi connectivity index (χ0v) is 9.84. The molecule has 0 aliphatic heterocycles. The van der Waals surface area contributed by atoms with Gasteiger partial charge in [0.05, 0.1) is 16.9 Å². The number of hydrogen-bond acceptors (Lipinski definition) is 4. The highest BCUT2D eigenvalue weighted by molar-refractivity contribution is 7.12. The first-order chi connectivity index (χ1) is 8.08. The first kappa shape index (κ1) is 11.5. The second kappa shape index (κ2) is 4.50. The van der Waals surface area contributed by atoms with Crippen molar-refractivity contribution in [3.63, 3.8) is 0 Å². The zero-order chi connectivity index (χ0) is 12.4. The average molecular weight is 251 g/mol. The summed E-state index contributed by atoms with van der Waals surface area (Å²) in [6.07, 6.45) is 0. The molecule has 3 N–H and O–H groups in total. The summed E-state index contributed by atoms with van der Waals surface area (Å²) in [5.74, 6) is -0.899. The lowest BCUT2D eigenvalue weighted by Crippen LogP contribution is -2.13. The molecule has 1 amide bonds. The third-order valence-electron chi connectivity index (χ3n) is 2.19. The number of amides is 1. The lowest BCUT2D eigenvalue weighted by atomic mass is 10.2. The minimum absolute atomic E-state index is 0.0720. The number of nitrogens with one attached hydrogen (secondary N) is 1. The molecule has 0 radical (unpaired) electrons. The summed E-state index contributed by atoms with van der Waals surface area (Å²) in [4.78, 5) is 16.2. The Hall–Kier alpha value is -1.95. The Kier molecular flexibility index (Phi) is 3.06. The predicted octanol–water partition coefficient (Wildman–Crippen LogP) is 2.43. The Morgan fingerprint density at radius 1 is 1.53 bits per heavy atom. The van der Waals surface area contributed by atoms with E-state index in [9.17, 15) is 9.18 Å².